The fourth-order valence-corrected chi connectivity index (χ4v) is 4.22. The summed E-state index contributed by atoms with van der Waals surface area (Å²) in [5.41, 5.74) is 1.15. The van der Waals surface area contributed by atoms with Crippen LogP contribution in [0.2, 0.25) is 0 Å². The molecule has 1 heterocycles. The van der Waals surface area contributed by atoms with Gasteiger partial charge in [0.05, 0.1) is 24.7 Å². The first-order valence-corrected chi connectivity index (χ1v) is 12.9. The quantitative estimate of drug-likeness (QED) is 0.321. The zero-order valence-corrected chi connectivity index (χ0v) is 21.2. The molecule has 2 aromatic rings. The predicted octanol–water partition coefficient (Wildman–Crippen LogP) is 5.63. The zero-order chi connectivity index (χ0) is 26.6. The van der Waals surface area contributed by atoms with E-state index in [0.717, 1.165) is 44.1 Å². The Morgan fingerprint density at radius 1 is 1.16 bits per heavy atom. The molecule has 0 N–H and O–H groups in total. The van der Waals surface area contributed by atoms with Gasteiger partial charge in [-0.2, -0.15) is 13.2 Å². The molecule has 0 radical (unpaired) electrons. The Morgan fingerprint density at radius 2 is 1.92 bits per heavy atom. The number of rotatable bonds is 13. The van der Waals surface area contributed by atoms with E-state index >= 15 is 0 Å². The maximum Gasteiger partial charge on any atom is 0.416 e. The summed E-state index contributed by atoms with van der Waals surface area (Å²) in [4.78, 5) is 30.7. The molecule has 1 aromatic carbocycles. The first-order valence-electron chi connectivity index (χ1n) is 12.9. The molecule has 2 fully saturated rings. The van der Waals surface area contributed by atoms with E-state index in [1.807, 2.05) is 13.8 Å². The number of amides is 1. The summed E-state index contributed by atoms with van der Waals surface area (Å²) >= 11 is 0. The van der Waals surface area contributed by atoms with Gasteiger partial charge >= 0.3 is 6.18 Å². The Morgan fingerprint density at radius 3 is 2.51 bits per heavy atom. The second-order valence-corrected chi connectivity index (χ2v) is 9.77. The molecule has 1 unspecified atom stereocenters. The molecule has 1 aromatic heterocycles. The Balaban J connectivity index is 1.78. The summed E-state index contributed by atoms with van der Waals surface area (Å²) in [7, 11) is 0. The van der Waals surface area contributed by atoms with Crippen molar-refractivity contribution in [3.8, 4) is 17.0 Å². The molecule has 2 aliphatic carbocycles. The van der Waals surface area contributed by atoms with Crippen LogP contribution in [0.3, 0.4) is 0 Å². The van der Waals surface area contributed by atoms with E-state index < -0.39 is 17.7 Å². The molecular formula is C28H33F3N2O4. The van der Waals surface area contributed by atoms with Crippen LogP contribution in [0.25, 0.3) is 11.1 Å². The zero-order valence-electron chi connectivity index (χ0n) is 21.2. The normalized spacial score (nSPS) is 16.4. The number of benzene rings is 1. The molecular weight excluding hydrogens is 485 g/mol. The minimum atomic E-state index is -4.53. The molecule has 0 spiro atoms. The van der Waals surface area contributed by atoms with Crippen LogP contribution in [0.15, 0.2) is 30.5 Å². The Hall–Kier alpha value is -2.94. The average molecular weight is 519 g/mol. The predicted molar refractivity (Wildman–Crippen MR) is 132 cm³/mol. The van der Waals surface area contributed by atoms with Gasteiger partial charge in [0.2, 0.25) is 11.8 Å². The lowest BCUT2D eigenvalue weighted by molar-refractivity contribution is -0.137. The van der Waals surface area contributed by atoms with Gasteiger partial charge in [0.25, 0.3) is 0 Å². The third-order valence-electron chi connectivity index (χ3n) is 6.82. The molecule has 2 saturated carbocycles. The van der Waals surface area contributed by atoms with Crippen LogP contribution in [0.4, 0.5) is 13.2 Å². The van der Waals surface area contributed by atoms with E-state index in [1.165, 1.54) is 6.07 Å². The van der Waals surface area contributed by atoms with E-state index in [1.54, 1.807) is 17.2 Å². The van der Waals surface area contributed by atoms with Gasteiger partial charge in [0, 0.05) is 37.4 Å². The van der Waals surface area contributed by atoms with Crippen molar-refractivity contribution in [2.45, 2.75) is 58.2 Å². The van der Waals surface area contributed by atoms with Gasteiger partial charge in [0.1, 0.15) is 6.29 Å². The van der Waals surface area contributed by atoms with E-state index in [2.05, 4.69) is 4.98 Å². The van der Waals surface area contributed by atoms with Crippen LogP contribution >= 0.6 is 0 Å². The summed E-state index contributed by atoms with van der Waals surface area (Å²) in [5.74, 6) is 0.0671. The number of aldehydes is 1. The molecule has 6 nitrogen and oxygen atoms in total. The fraction of sp³-hybridized carbons (Fsp3) is 0.536. The molecule has 1 amide bonds. The third kappa shape index (κ3) is 6.89. The maximum absolute atomic E-state index is 13.7. The molecule has 1 atom stereocenters. The van der Waals surface area contributed by atoms with Crippen LogP contribution in [0.1, 0.15) is 62.1 Å². The van der Waals surface area contributed by atoms with Gasteiger partial charge in [-0.25, -0.2) is 4.98 Å². The van der Waals surface area contributed by atoms with Gasteiger partial charge in [0.15, 0.2) is 0 Å². The molecule has 0 bridgehead atoms. The highest BCUT2D eigenvalue weighted by Crippen LogP contribution is 2.39. The number of carbonyl (C=O) groups is 2. The summed E-state index contributed by atoms with van der Waals surface area (Å²) < 4.78 is 52.5. The van der Waals surface area contributed by atoms with E-state index in [-0.39, 0.29) is 25.0 Å². The molecule has 200 valence electrons. The van der Waals surface area contributed by atoms with Gasteiger partial charge < -0.3 is 19.2 Å². The molecule has 37 heavy (non-hydrogen) atoms. The third-order valence-corrected chi connectivity index (χ3v) is 6.82. The second kappa shape index (κ2) is 11.6. The average Bonchev–Trinajstić information content (AvgIpc) is 3.80. The number of hydrogen-bond acceptors (Lipinski definition) is 5. The van der Waals surface area contributed by atoms with Crippen LogP contribution < -0.4 is 4.74 Å². The van der Waals surface area contributed by atoms with Gasteiger partial charge in [-0.3, -0.25) is 4.79 Å². The van der Waals surface area contributed by atoms with Crippen molar-refractivity contribution >= 4 is 12.2 Å². The number of alkyl halides is 3. The standard InChI is InChI=1S/C28H33F3N2O4/c1-3-33(27(35)19-7-8-19)14-21-11-23(28(29,30)31)9-10-24(21)25-12-20(22(15-34)17-36-4-2)13-32-26(25)37-16-18-5-6-18/h9-13,15,18-19,22H,3-8,14,16-17H2,1-2H3. The highest BCUT2D eigenvalue weighted by Gasteiger charge is 2.35. The van der Waals surface area contributed by atoms with Crippen molar-refractivity contribution in [2.24, 2.45) is 11.8 Å². The molecule has 4 rings (SSSR count). The Kier molecular flexibility index (Phi) is 8.52. The Labute approximate surface area is 215 Å². The van der Waals surface area contributed by atoms with Gasteiger partial charge in [-0.1, -0.05) is 6.07 Å². The van der Waals surface area contributed by atoms with Crippen molar-refractivity contribution < 1.29 is 32.2 Å². The van der Waals surface area contributed by atoms with Gasteiger partial charge in [-0.15, -0.1) is 0 Å². The largest absolute Gasteiger partial charge is 0.477 e. The maximum atomic E-state index is 13.7. The molecule has 9 heteroatoms. The van der Waals surface area contributed by atoms with Crippen molar-refractivity contribution in [1.82, 2.24) is 9.88 Å². The highest BCUT2D eigenvalue weighted by atomic mass is 19.4. The first-order chi connectivity index (χ1) is 17.7. The van der Waals surface area contributed by atoms with Crippen molar-refractivity contribution in [2.75, 3.05) is 26.4 Å². The lowest BCUT2D eigenvalue weighted by atomic mass is 9.94. The second-order valence-electron chi connectivity index (χ2n) is 9.77. The number of nitrogens with zero attached hydrogens (tertiary/aromatic N) is 2. The Bertz CT molecular complexity index is 1110. The van der Waals surface area contributed by atoms with Crippen LogP contribution in [-0.4, -0.2) is 48.4 Å². The smallest absolute Gasteiger partial charge is 0.416 e. The first kappa shape index (κ1) is 27.1. The topological polar surface area (TPSA) is 68.7 Å². The lowest BCUT2D eigenvalue weighted by Gasteiger charge is -2.24. The van der Waals surface area contributed by atoms with Crippen molar-refractivity contribution in [3.05, 3.63) is 47.2 Å². The fourth-order valence-electron chi connectivity index (χ4n) is 4.22. The number of aromatic nitrogens is 1. The number of hydrogen-bond donors (Lipinski definition) is 0. The van der Waals surface area contributed by atoms with Crippen LogP contribution in [-0.2, 0) is 27.0 Å². The number of ether oxygens (including phenoxy) is 2. The number of carbonyl (C=O) groups excluding carboxylic acids is 2. The van der Waals surface area contributed by atoms with E-state index in [4.69, 9.17) is 9.47 Å². The van der Waals surface area contributed by atoms with Crippen LogP contribution in [0.5, 0.6) is 5.88 Å². The SMILES string of the molecule is CCOCC(C=O)c1cnc(OCC2CC2)c(-c2ccc(C(F)(F)F)cc2CN(CC)C(=O)C2CC2)c1. The van der Waals surface area contributed by atoms with Gasteiger partial charge in [-0.05, 0) is 80.3 Å². The van der Waals surface area contributed by atoms with Crippen LogP contribution in [0, 0.1) is 11.8 Å². The van der Waals surface area contributed by atoms with E-state index in [9.17, 15) is 22.8 Å². The summed E-state index contributed by atoms with van der Waals surface area (Å²) in [6, 6.07) is 5.30. The van der Waals surface area contributed by atoms with E-state index in [0.29, 0.717) is 53.8 Å². The summed E-state index contributed by atoms with van der Waals surface area (Å²) in [5, 5.41) is 0. The monoisotopic (exact) mass is 518 g/mol. The summed E-state index contributed by atoms with van der Waals surface area (Å²) in [6.07, 6.45) is 1.55. The lowest BCUT2D eigenvalue weighted by Crippen LogP contribution is -2.31. The molecule has 0 saturated heterocycles. The molecule has 2 aliphatic rings. The minimum Gasteiger partial charge on any atom is -0.477 e. The number of halogens is 3. The minimum absolute atomic E-state index is 0.0352. The highest BCUT2D eigenvalue weighted by molar-refractivity contribution is 5.81. The van der Waals surface area contributed by atoms with Crippen molar-refractivity contribution in [3.63, 3.8) is 0 Å². The number of pyridine rings is 1. The molecule has 0 aliphatic heterocycles. The summed E-state index contributed by atoms with van der Waals surface area (Å²) in [6.45, 7) is 5.15. The van der Waals surface area contributed by atoms with Crippen molar-refractivity contribution in [1.29, 1.82) is 0 Å².